The van der Waals surface area contributed by atoms with Gasteiger partial charge in [-0.15, -0.1) is 0 Å². The number of hydrogen-bond acceptors (Lipinski definition) is 7. The molecular weight excluding hydrogens is 464 g/mol. The average Bonchev–Trinajstić information content (AvgIpc) is 2.96. The molecule has 0 saturated carbocycles. The molecule has 0 amide bonds. The van der Waals surface area contributed by atoms with Crippen molar-refractivity contribution in [1.29, 1.82) is 0 Å². The van der Waals surface area contributed by atoms with Gasteiger partial charge in [0, 0.05) is 6.20 Å². The first-order valence-electron chi connectivity index (χ1n) is 11.8. The minimum atomic E-state index is -0.439. The van der Waals surface area contributed by atoms with Gasteiger partial charge in [0.1, 0.15) is 12.1 Å². The van der Waals surface area contributed by atoms with Crippen LogP contribution in [-0.4, -0.2) is 19.9 Å². The van der Waals surface area contributed by atoms with E-state index in [1.54, 1.807) is 23.2 Å². The standard InChI is InChI=1S/C29H24N6O2/c36-35(37)27-28(33-26(23-14-6-2-7-15-23)24-16-8-3-9-17-24)31-21-32-29(27)34(25-18-10-11-19-30-25)20-22-12-4-1-5-13-22/h1-19,21,26H,20H2,(H,31,32,33). The van der Waals surface area contributed by atoms with Crippen LogP contribution in [0.25, 0.3) is 0 Å². The molecule has 0 radical (unpaired) electrons. The summed E-state index contributed by atoms with van der Waals surface area (Å²) in [6.07, 6.45) is 3.00. The van der Waals surface area contributed by atoms with E-state index in [0.29, 0.717) is 12.4 Å². The molecule has 0 saturated heterocycles. The van der Waals surface area contributed by atoms with Gasteiger partial charge in [0.15, 0.2) is 0 Å². The van der Waals surface area contributed by atoms with Gasteiger partial charge in [0.25, 0.3) is 0 Å². The summed E-state index contributed by atoms with van der Waals surface area (Å²) in [6.45, 7) is 0.343. The van der Waals surface area contributed by atoms with Crippen LogP contribution in [0.5, 0.6) is 0 Å². The first-order chi connectivity index (χ1) is 18.2. The molecule has 5 rings (SSSR count). The van der Waals surface area contributed by atoms with Crippen LogP contribution in [0.4, 0.5) is 23.1 Å². The Morgan fingerprint density at radius 3 is 1.92 bits per heavy atom. The van der Waals surface area contributed by atoms with Crippen LogP contribution in [-0.2, 0) is 6.54 Å². The van der Waals surface area contributed by atoms with E-state index in [-0.39, 0.29) is 23.4 Å². The summed E-state index contributed by atoms with van der Waals surface area (Å²) in [5.74, 6) is 0.827. The van der Waals surface area contributed by atoms with Gasteiger partial charge in [-0.2, -0.15) is 0 Å². The van der Waals surface area contributed by atoms with Crippen molar-refractivity contribution in [2.45, 2.75) is 12.6 Å². The third-order valence-electron chi connectivity index (χ3n) is 5.90. The fourth-order valence-electron chi connectivity index (χ4n) is 4.17. The Hall–Kier alpha value is -5.11. The molecule has 0 atom stereocenters. The lowest BCUT2D eigenvalue weighted by molar-refractivity contribution is -0.383. The lowest BCUT2D eigenvalue weighted by atomic mass is 9.98. The molecule has 0 fully saturated rings. The van der Waals surface area contributed by atoms with Crippen molar-refractivity contribution in [2.24, 2.45) is 0 Å². The second-order valence-electron chi connectivity index (χ2n) is 8.31. The first-order valence-corrected chi connectivity index (χ1v) is 11.8. The van der Waals surface area contributed by atoms with E-state index >= 15 is 0 Å². The molecule has 0 aliphatic heterocycles. The van der Waals surface area contributed by atoms with Gasteiger partial charge in [-0.25, -0.2) is 15.0 Å². The molecule has 1 N–H and O–H groups in total. The summed E-state index contributed by atoms with van der Waals surface area (Å²) in [6, 6.07) is 34.3. The Morgan fingerprint density at radius 1 is 0.757 bits per heavy atom. The average molecular weight is 489 g/mol. The molecule has 0 aliphatic rings. The van der Waals surface area contributed by atoms with Gasteiger partial charge in [0.05, 0.1) is 17.5 Å². The Morgan fingerprint density at radius 2 is 1.35 bits per heavy atom. The number of hydrogen-bond donors (Lipinski definition) is 1. The number of nitrogens with zero attached hydrogens (tertiary/aromatic N) is 5. The van der Waals surface area contributed by atoms with Crippen molar-refractivity contribution in [1.82, 2.24) is 15.0 Å². The van der Waals surface area contributed by atoms with Crippen LogP contribution in [0.2, 0.25) is 0 Å². The van der Waals surface area contributed by atoms with E-state index in [4.69, 9.17) is 0 Å². The lowest BCUT2D eigenvalue weighted by Gasteiger charge is -2.24. The summed E-state index contributed by atoms with van der Waals surface area (Å²) in [5.41, 5.74) is 2.64. The maximum atomic E-state index is 12.5. The van der Waals surface area contributed by atoms with Crippen LogP contribution in [0.1, 0.15) is 22.7 Å². The highest BCUT2D eigenvalue weighted by Crippen LogP contribution is 2.38. The largest absolute Gasteiger partial charge is 0.353 e. The Bertz CT molecular complexity index is 1410. The minimum Gasteiger partial charge on any atom is -0.353 e. The lowest BCUT2D eigenvalue weighted by Crippen LogP contribution is -2.22. The van der Waals surface area contributed by atoms with Gasteiger partial charge < -0.3 is 10.2 Å². The van der Waals surface area contributed by atoms with Crippen molar-refractivity contribution in [2.75, 3.05) is 10.2 Å². The van der Waals surface area contributed by atoms with E-state index in [2.05, 4.69) is 20.3 Å². The zero-order valence-corrected chi connectivity index (χ0v) is 19.9. The number of pyridine rings is 1. The minimum absolute atomic E-state index is 0.127. The monoisotopic (exact) mass is 488 g/mol. The molecule has 2 aromatic heterocycles. The second kappa shape index (κ2) is 11.1. The highest BCUT2D eigenvalue weighted by molar-refractivity contribution is 5.75. The van der Waals surface area contributed by atoms with E-state index < -0.39 is 4.92 Å². The molecule has 8 nitrogen and oxygen atoms in total. The number of rotatable bonds is 9. The zero-order valence-electron chi connectivity index (χ0n) is 19.9. The summed E-state index contributed by atoms with van der Waals surface area (Å²) in [4.78, 5) is 27.0. The van der Waals surface area contributed by atoms with Crippen LogP contribution >= 0.6 is 0 Å². The summed E-state index contributed by atoms with van der Waals surface area (Å²) in [5, 5.41) is 15.9. The highest BCUT2D eigenvalue weighted by atomic mass is 16.6. The predicted molar refractivity (Wildman–Crippen MR) is 144 cm³/mol. The van der Waals surface area contributed by atoms with Gasteiger partial charge >= 0.3 is 5.69 Å². The number of aromatic nitrogens is 3. The SMILES string of the molecule is O=[N+]([O-])c1c(NC(c2ccccc2)c2ccccc2)ncnc1N(Cc1ccccc1)c1ccccn1. The van der Waals surface area contributed by atoms with Crippen molar-refractivity contribution in [3.8, 4) is 0 Å². The van der Waals surface area contributed by atoms with Gasteiger partial charge in [0.2, 0.25) is 11.6 Å². The van der Waals surface area contributed by atoms with Gasteiger partial charge in [-0.1, -0.05) is 97.1 Å². The fourth-order valence-corrected chi connectivity index (χ4v) is 4.17. The molecule has 182 valence electrons. The third kappa shape index (κ3) is 5.43. The number of nitrogens with one attached hydrogen (secondary N) is 1. The third-order valence-corrected chi connectivity index (χ3v) is 5.90. The summed E-state index contributed by atoms with van der Waals surface area (Å²) >= 11 is 0. The van der Waals surface area contributed by atoms with Crippen LogP contribution in [0, 0.1) is 10.1 Å². The van der Waals surface area contributed by atoms with Crippen molar-refractivity contribution in [3.63, 3.8) is 0 Å². The smallest absolute Gasteiger partial charge is 0.353 e. The number of benzene rings is 3. The topological polar surface area (TPSA) is 97.1 Å². The van der Waals surface area contributed by atoms with Crippen molar-refractivity contribution in [3.05, 3.63) is 149 Å². The number of nitro groups is 1. The summed E-state index contributed by atoms with van der Waals surface area (Å²) in [7, 11) is 0. The fraction of sp³-hybridized carbons (Fsp3) is 0.0690. The van der Waals surface area contributed by atoms with Crippen LogP contribution in [0.3, 0.4) is 0 Å². The van der Waals surface area contributed by atoms with E-state index in [1.165, 1.54) is 6.33 Å². The quantitative estimate of drug-likeness (QED) is 0.191. The van der Waals surface area contributed by atoms with Crippen molar-refractivity contribution < 1.29 is 4.92 Å². The van der Waals surface area contributed by atoms with Crippen LogP contribution < -0.4 is 10.2 Å². The molecule has 0 unspecified atom stereocenters. The number of anilines is 3. The second-order valence-corrected chi connectivity index (χ2v) is 8.31. The highest BCUT2D eigenvalue weighted by Gasteiger charge is 2.30. The van der Waals surface area contributed by atoms with Crippen LogP contribution in [0.15, 0.2) is 122 Å². The van der Waals surface area contributed by atoms with E-state index in [0.717, 1.165) is 16.7 Å². The molecule has 37 heavy (non-hydrogen) atoms. The first kappa shape index (κ1) is 23.6. The molecule has 0 bridgehead atoms. The van der Waals surface area contributed by atoms with E-state index in [1.807, 2.05) is 97.1 Å². The Labute approximate surface area is 214 Å². The van der Waals surface area contributed by atoms with E-state index in [9.17, 15) is 10.1 Å². The molecule has 0 spiro atoms. The molecule has 2 heterocycles. The zero-order chi connectivity index (χ0) is 25.5. The maximum absolute atomic E-state index is 12.5. The Kier molecular flexibility index (Phi) is 7.08. The molecule has 5 aromatic rings. The molecule has 3 aromatic carbocycles. The summed E-state index contributed by atoms with van der Waals surface area (Å²) < 4.78 is 0. The maximum Gasteiger partial charge on any atom is 0.353 e. The normalized spacial score (nSPS) is 10.7. The Balaban J connectivity index is 1.61. The predicted octanol–water partition coefficient (Wildman–Crippen LogP) is 6.32. The molecular formula is C29H24N6O2. The molecule has 0 aliphatic carbocycles. The van der Waals surface area contributed by atoms with Crippen molar-refractivity contribution >= 4 is 23.1 Å². The van der Waals surface area contributed by atoms with Gasteiger partial charge in [-0.3, -0.25) is 10.1 Å². The molecule has 8 heteroatoms. The van der Waals surface area contributed by atoms with Gasteiger partial charge in [-0.05, 0) is 28.8 Å².